The van der Waals surface area contributed by atoms with Gasteiger partial charge in [0.2, 0.25) is 5.91 Å². The quantitative estimate of drug-likeness (QED) is 0.811. The van der Waals surface area contributed by atoms with Crippen molar-refractivity contribution in [2.45, 2.75) is 58.0 Å². The van der Waals surface area contributed by atoms with Crippen LogP contribution < -0.4 is 5.32 Å². The van der Waals surface area contributed by atoms with E-state index in [4.69, 9.17) is 0 Å². The average Bonchev–Trinajstić information content (AvgIpc) is 2.73. The van der Waals surface area contributed by atoms with Crippen LogP contribution in [0.1, 0.15) is 51.9 Å². The normalized spacial score (nSPS) is 32.4. The molecule has 1 atom stereocenters. The van der Waals surface area contributed by atoms with Gasteiger partial charge in [0.25, 0.3) is 0 Å². The predicted octanol–water partition coefficient (Wildman–Crippen LogP) is 2.12. The molecule has 3 fully saturated rings. The van der Waals surface area contributed by atoms with Crippen molar-refractivity contribution in [1.82, 2.24) is 10.2 Å². The molecule has 1 aliphatic heterocycles. The minimum atomic E-state index is 0.335. The lowest BCUT2D eigenvalue weighted by Crippen LogP contribution is -2.45. The Hall–Kier alpha value is -0.570. The average molecular weight is 236 g/mol. The fourth-order valence-electron chi connectivity index (χ4n) is 3.60. The van der Waals surface area contributed by atoms with Gasteiger partial charge in [0.1, 0.15) is 0 Å². The maximum atomic E-state index is 12.0. The SMILES string of the molecule is CCC1(CN2C(=O)CNC2C2CCCC2)CC1. The highest BCUT2D eigenvalue weighted by molar-refractivity contribution is 5.80. The van der Waals surface area contributed by atoms with Gasteiger partial charge in [-0.05, 0) is 43.4 Å². The zero-order valence-corrected chi connectivity index (χ0v) is 10.9. The largest absolute Gasteiger partial charge is 0.325 e. The number of rotatable bonds is 4. The van der Waals surface area contributed by atoms with E-state index in [1.807, 2.05) is 0 Å². The van der Waals surface area contributed by atoms with Gasteiger partial charge in [0, 0.05) is 6.54 Å². The molecule has 1 saturated heterocycles. The second kappa shape index (κ2) is 4.27. The molecule has 1 amide bonds. The van der Waals surface area contributed by atoms with Crippen molar-refractivity contribution in [3.8, 4) is 0 Å². The van der Waals surface area contributed by atoms with Crippen LogP contribution in [-0.4, -0.2) is 30.1 Å². The number of nitrogens with one attached hydrogen (secondary N) is 1. The topological polar surface area (TPSA) is 32.3 Å². The summed E-state index contributed by atoms with van der Waals surface area (Å²) < 4.78 is 0. The molecule has 3 rings (SSSR count). The number of hydrogen-bond donors (Lipinski definition) is 1. The Morgan fingerprint density at radius 3 is 2.65 bits per heavy atom. The van der Waals surface area contributed by atoms with Crippen molar-refractivity contribution in [2.75, 3.05) is 13.1 Å². The molecular weight excluding hydrogens is 212 g/mol. The van der Waals surface area contributed by atoms with Crippen LogP contribution in [0.3, 0.4) is 0 Å². The van der Waals surface area contributed by atoms with E-state index < -0.39 is 0 Å². The minimum Gasteiger partial charge on any atom is -0.325 e. The lowest BCUT2D eigenvalue weighted by Gasteiger charge is -2.32. The van der Waals surface area contributed by atoms with Gasteiger partial charge < -0.3 is 4.90 Å². The van der Waals surface area contributed by atoms with Crippen LogP contribution in [-0.2, 0) is 4.79 Å². The Balaban J connectivity index is 1.68. The van der Waals surface area contributed by atoms with Crippen LogP contribution >= 0.6 is 0 Å². The maximum Gasteiger partial charge on any atom is 0.237 e. The molecule has 0 bridgehead atoms. The third kappa shape index (κ3) is 2.10. The van der Waals surface area contributed by atoms with Gasteiger partial charge in [-0.1, -0.05) is 19.8 Å². The van der Waals surface area contributed by atoms with Crippen molar-refractivity contribution in [1.29, 1.82) is 0 Å². The van der Waals surface area contributed by atoms with Crippen LogP contribution in [0.4, 0.5) is 0 Å². The van der Waals surface area contributed by atoms with Crippen molar-refractivity contribution >= 4 is 5.91 Å². The molecule has 0 aromatic heterocycles. The number of carbonyl (C=O) groups excluding carboxylic acids is 1. The van der Waals surface area contributed by atoms with Gasteiger partial charge in [-0.3, -0.25) is 10.1 Å². The zero-order chi connectivity index (χ0) is 11.9. The predicted molar refractivity (Wildman–Crippen MR) is 67.4 cm³/mol. The van der Waals surface area contributed by atoms with Crippen molar-refractivity contribution in [3.05, 3.63) is 0 Å². The molecule has 3 heteroatoms. The fraction of sp³-hybridized carbons (Fsp3) is 0.929. The Labute approximate surface area is 104 Å². The molecule has 3 aliphatic rings. The van der Waals surface area contributed by atoms with E-state index in [-0.39, 0.29) is 0 Å². The van der Waals surface area contributed by atoms with E-state index in [9.17, 15) is 4.79 Å². The first kappa shape index (κ1) is 11.5. The highest BCUT2D eigenvalue weighted by Gasteiger charge is 2.47. The number of amides is 1. The molecule has 1 N–H and O–H groups in total. The summed E-state index contributed by atoms with van der Waals surface area (Å²) in [6.07, 6.45) is 9.55. The highest BCUT2D eigenvalue weighted by Crippen LogP contribution is 2.50. The number of hydrogen-bond acceptors (Lipinski definition) is 2. The van der Waals surface area contributed by atoms with Crippen LogP contribution in [0.25, 0.3) is 0 Å². The first-order valence-electron chi connectivity index (χ1n) is 7.27. The molecule has 96 valence electrons. The monoisotopic (exact) mass is 236 g/mol. The molecule has 17 heavy (non-hydrogen) atoms. The van der Waals surface area contributed by atoms with Gasteiger partial charge >= 0.3 is 0 Å². The molecule has 1 heterocycles. The van der Waals surface area contributed by atoms with E-state index in [0.717, 1.165) is 6.54 Å². The molecule has 0 radical (unpaired) electrons. The summed E-state index contributed by atoms with van der Waals surface area (Å²) in [5.74, 6) is 1.05. The second-order valence-corrected chi connectivity index (χ2v) is 6.25. The summed E-state index contributed by atoms with van der Waals surface area (Å²) >= 11 is 0. The molecule has 2 saturated carbocycles. The molecule has 2 aliphatic carbocycles. The maximum absolute atomic E-state index is 12.0. The van der Waals surface area contributed by atoms with E-state index in [1.165, 1.54) is 44.9 Å². The van der Waals surface area contributed by atoms with Crippen LogP contribution in [0.5, 0.6) is 0 Å². The molecule has 0 spiro atoms. The van der Waals surface area contributed by atoms with Gasteiger partial charge in [0.15, 0.2) is 0 Å². The molecule has 0 aromatic carbocycles. The summed E-state index contributed by atoms with van der Waals surface area (Å²) in [6, 6.07) is 0. The third-order valence-electron chi connectivity index (χ3n) is 5.18. The highest BCUT2D eigenvalue weighted by atomic mass is 16.2. The molecule has 1 unspecified atom stereocenters. The van der Waals surface area contributed by atoms with Gasteiger partial charge in [-0.15, -0.1) is 0 Å². The second-order valence-electron chi connectivity index (χ2n) is 6.25. The Kier molecular flexibility index (Phi) is 2.89. The van der Waals surface area contributed by atoms with Gasteiger partial charge in [-0.2, -0.15) is 0 Å². The standard InChI is InChI=1S/C14H24N2O/c1-2-14(7-8-14)10-16-12(17)9-15-13(16)11-5-3-4-6-11/h11,13,15H,2-10H2,1H3. The molecule has 3 nitrogen and oxygen atoms in total. The lowest BCUT2D eigenvalue weighted by atomic mass is 10.00. The van der Waals surface area contributed by atoms with Crippen molar-refractivity contribution in [2.24, 2.45) is 11.3 Å². The number of carbonyl (C=O) groups is 1. The summed E-state index contributed by atoms with van der Waals surface area (Å²) in [5.41, 5.74) is 0.485. The minimum absolute atomic E-state index is 0.335. The first-order valence-corrected chi connectivity index (χ1v) is 7.27. The summed E-state index contributed by atoms with van der Waals surface area (Å²) in [7, 11) is 0. The third-order valence-corrected chi connectivity index (χ3v) is 5.18. The summed E-state index contributed by atoms with van der Waals surface area (Å²) in [4.78, 5) is 14.2. The Morgan fingerprint density at radius 1 is 1.35 bits per heavy atom. The van der Waals surface area contributed by atoms with Gasteiger partial charge in [0.05, 0.1) is 12.7 Å². The Morgan fingerprint density at radius 2 is 2.06 bits per heavy atom. The van der Waals surface area contributed by atoms with E-state index in [2.05, 4.69) is 17.1 Å². The lowest BCUT2D eigenvalue weighted by molar-refractivity contribution is -0.129. The first-order chi connectivity index (χ1) is 8.24. The molecular formula is C14H24N2O. The van der Waals surface area contributed by atoms with Crippen molar-refractivity contribution in [3.63, 3.8) is 0 Å². The van der Waals surface area contributed by atoms with E-state index in [1.54, 1.807) is 0 Å². The molecule has 0 aromatic rings. The summed E-state index contributed by atoms with van der Waals surface area (Å²) in [5, 5.41) is 3.45. The Bertz CT molecular complexity index is 305. The van der Waals surface area contributed by atoms with Crippen LogP contribution in [0.15, 0.2) is 0 Å². The smallest absolute Gasteiger partial charge is 0.237 e. The van der Waals surface area contributed by atoms with E-state index >= 15 is 0 Å². The van der Waals surface area contributed by atoms with Crippen molar-refractivity contribution < 1.29 is 4.79 Å². The number of nitrogens with zero attached hydrogens (tertiary/aromatic N) is 1. The van der Waals surface area contributed by atoms with Crippen LogP contribution in [0.2, 0.25) is 0 Å². The summed E-state index contributed by atoms with van der Waals surface area (Å²) in [6.45, 7) is 3.85. The fourth-order valence-corrected chi connectivity index (χ4v) is 3.60. The zero-order valence-electron chi connectivity index (χ0n) is 10.9. The van der Waals surface area contributed by atoms with Crippen LogP contribution in [0, 0.1) is 11.3 Å². The van der Waals surface area contributed by atoms with Gasteiger partial charge in [-0.25, -0.2) is 0 Å². The van der Waals surface area contributed by atoms with E-state index in [0.29, 0.717) is 30.0 Å².